The lowest BCUT2D eigenvalue weighted by molar-refractivity contribution is -0.134. The van der Waals surface area contributed by atoms with E-state index in [0.29, 0.717) is 10.6 Å². The van der Waals surface area contributed by atoms with Crippen molar-refractivity contribution in [3.05, 3.63) is 46.8 Å². The number of methoxy groups -OCH3 is 1. The number of esters is 1. The van der Waals surface area contributed by atoms with Crippen LogP contribution in [0.25, 0.3) is 0 Å². The van der Waals surface area contributed by atoms with Gasteiger partial charge in [0, 0.05) is 0 Å². The summed E-state index contributed by atoms with van der Waals surface area (Å²) >= 11 is 1.27. The van der Waals surface area contributed by atoms with E-state index in [1.54, 1.807) is 12.1 Å². The number of carbonyl (C=O) groups is 2. The van der Waals surface area contributed by atoms with Gasteiger partial charge in [0.15, 0.2) is 0 Å². The zero-order valence-corrected chi connectivity index (χ0v) is 11.1. The van der Waals surface area contributed by atoms with Crippen LogP contribution in [0.15, 0.2) is 35.4 Å². The van der Waals surface area contributed by atoms with Gasteiger partial charge in [0.2, 0.25) is 5.91 Å². The highest BCUT2D eigenvalue weighted by molar-refractivity contribution is 8.04. The van der Waals surface area contributed by atoms with Gasteiger partial charge in [0.25, 0.3) is 0 Å². The molecule has 1 aromatic carbocycles. The van der Waals surface area contributed by atoms with Crippen molar-refractivity contribution in [1.82, 2.24) is 4.90 Å². The van der Waals surface area contributed by atoms with E-state index in [4.69, 9.17) is 0 Å². The van der Waals surface area contributed by atoms with Crippen LogP contribution in [0.1, 0.15) is 5.56 Å². The summed E-state index contributed by atoms with van der Waals surface area (Å²) in [6, 6.07) is 6.03. The maximum atomic E-state index is 13.1. The highest BCUT2D eigenvalue weighted by atomic mass is 32.2. The number of rotatable bonds is 3. The van der Waals surface area contributed by atoms with Crippen molar-refractivity contribution in [2.45, 2.75) is 6.54 Å². The van der Waals surface area contributed by atoms with Crippen LogP contribution in [0.3, 0.4) is 0 Å². The molecule has 0 radical (unpaired) electrons. The Labute approximate surface area is 114 Å². The summed E-state index contributed by atoms with van der Waals surface area (Å²) < 4.78 is 17.6. The fourth-order valence-corrected chi connectivity index (χ4v) is 2.61. The molecule has 0 unspecified atom stereocenters. The molecule has 1 fully saturated rings. The van der Waals surface area contributed by atoms with Gasteiger partial charge in [-0.15, -0.1) is 0 Å². The first-order chi connectivity index (χ1) is 9.10. The van der Waals surface area contributed by atoms with E-state index in [1.807, 2.05) is 0 Å². The van der Waals surface area contributed by atoms with E-state index in [2.05, 4.69) is 4.74 Å². The minimum atomic E-state index is -0.513. The maximum Gasteiger partial charge on any atom is 0.333 e. The van der Waals surface area contributed by atoms with Crippen LogP contribution >= 0.6 is 11.8 Å². The van der Waals surface area contributed by atoms with Gasteiger partial charge in [-0.1, -0.05) is 23.9 Å². The van der Waals surface area contributed by atoms with Crippen molar-refractivity contribution in [2.75, 3.05) is 12.9 Å². The van der Waals surface area contributed by atoms with Gasteiger partial charge in [0.05, 0.1) is 30.5 Å². The van der Waals surface area contributed by atoms with Crippen molar-refractivity contribution in [3.63, 3.8) is 0 Å². The summed E-state index contributed by atoms with van der Waals surface area (Å²) in [6.07, 6.45) is 1.27. The smallest absolute Gasteiger partial charge is 0.333 e. The van der Waals surface area contributed by atoms with E-state index < -0.39 is 5.97 Å². The summed E-state index contributed by atoms with van der Waals surface area (Å²) in [5.41, 5.74) is 0.673. The Kier molecular flexibility index (Phi) is 4.21. The lowest BCUT2D eigenvalue weighted by Gasteiger charge is -2.16. The quantitative estimate of drug-likeness (QED) is 0.627. The van der Waals surface area contributed by atoms with Gasteiger partial charge >= 0.3 is 5.97 Å². The first-order valence-electron chi connectivity index (χ1n) is 5.57. The number of benzene rings is 1. The Bertz CT molecular complexity index is 544. The third-order valence-electron chi connectivity index (χ3n) is 2.58. The van der Waals surface area contributed by atoms with Gasteiger partial charge in [-0.05, 0) is 17.7 Å². The summed E-state index contributed by atoms with van der Waals surface area (Å²) in [4.78, 5) is 24.4. The van der Waals surface area contributed by atoms with Crippen molar-refractivity contribution >= 4 is 23.6 Å². The summed E-state index contributed by atoms with van der Waals surface area (Å²) in [5.74, 6) is -0.695. The normalized spacial score (nSPS) is 17.1. The summed E-state index contributed by atoms with van der Waals surface area (Å²) in [7, 11) is 1.28. The highest BCUT2D eigenvalue weighted by Gasteiger charge is 2.27. The molecular formula is C13H12FNO3S. The molecule has 1 saturated heterocycles. The predicted molar refractivity (Wildman–Crippen MR) is 69.5 cm³/mol. The van der Waals surface area contributed by atoms with Crippen molar-refractivity contribution in [3.8, 4) is 0 Å². The molecule has 19 heavy (non-hydrogen) atoms. The van der Waals surface area contributed by atoms with Crippen LogP contribution in [0.2, 0.25) is 0 Å². The molecule has 6 heteroatoms. The zero-order valence-electron chi connectivity index (χ0n) is 10.3. The Balaban J connectivity index is 2.18. The first kappa shape index (κ1) is 13.6. The van der Waals surface area contributed by atoms with E-state index in [-0.39, 0.29) is 24.0 Å². The lowest BCUT2D eigenvalue weighted by atomic mass is 10.2. The van der Waals surface area contributed by atoms with E-state index in [0.717, 1.165) is 0 Å². The fourth-order valence-electron chi connectivity index (χ4n) is 1.68. The number of hydrogen-bond donors (Lipinski definition) is 0. The highest BCUT2D eigenvalue weighted by Crippen LogP contribution is 2.30. The molecule has 0 aromatic heterocycles. The van der Waals surface area contributed by atoms with Gasteiger partial charge in [0.1, 0.15) is 5.82 Å². The zero-order chi connectivity index (χ0) is 13.8. The van der Waals surface area contributed by atoms with Gasteiger partial charge in [-0.25, -0.2) is 9.18 Å². The third-order valence-corrected chi connectivity index (χ3v) is 3.61. The van der Waals surface area contributed by atoms with Crippen molar-refractivity contribution < 1.29 is 18.7 Å². The van der Waals surface area contributed by atoms with Crippen LogP contribution < -0.4 is 0 Å². The van der Waals surface area contributed by atoms with Crippen LogP contribution in [-0.4, -0.2) is 29.6 Å². The molecule has 1 aromatic rings. The number of thioether (sulfide) groups is 1. The standard InChI is InChI=1S/C13H12FNO3S/c1-18-13(17)6-12-15(11(16)8-19-12)7-9-3-2-4-10(14)5-9/h2-6H,7-8H2,1H3/b12-6-. The second kappa shape index (κ2) is 5.88. The molecule has 4 nitrogen and oxygen atoms in total. The Morgan fingerprint density at radius 1 is 1.58 bits per heavy atom. The van der Waals surface area contributed by atoms with Gasteiger partial charge in [-0.3, -0.25) is 4.79 Å². The molecule has 100 valence electrons. The molecule has 0 atom stereocenters. The van der Waals surface area contributed by atoms with Crippen LogP contribution in [-0.2, 0) is 20.9 Å². The predicted octanol–water partition coefficient (Wildman–Crippen LogP) is 1.92. The Morgan fingerprint density at radius 2 is 2.37 bits per heavy atom. The SMILES string of the molecule is COC(=O)/C=C1\SCC(=O)N1Cc1cccc(F)c1. The molecule has 1 amide bonds. The Morgan fingerprint density at radius 3 is 3.05 bits per heavy atom. The van der Waals surface area contributed by atoms with Crippen molar-refractivity contribution in [2.24, 2.45) is 0 Å². The number of halogens is 1. The minimum Gasteiger partial charge on any atom is -0.466 e. The number of amides is 1. The van der Waals surface area contributed by atoms with Crippen LogP contribution in [0.4, 0.5) is 4.39 Å². The van der Waals surface area contributed by atoms with Crippen molar-refractivity contribution in [1.29, 1.82) is 0 Å². The number of hydrogen-bond acceptors (Lipinski definition) is 4. The number of ether oxygens (including phenoxy) is 1. The van der Waals surface area contributed by atoms with Crippen LogP contribution in [0, 0.1) is 5.82 Å². The monoisotopic (exact) mass is 281 g/mol. The number of nitrogens with zero attached hydrogens (tertiary/aromatic N) is 1. The molecule has 0 aliphatic carbocycles. The van der Waals surface area contributed by atoms with Crippen LogP contribution in [0.5, 0.6) is 0 Å². The summed E-state index contributed by atoms with van der Waals surface area (Å²) in [5, 5.41) is 0.529. The molecule has 1 heterocycles. The largest absolute Gasteiger partial charge is 0.466 e. The number of carbonyl (C=O) groups excluding carboxylic acids is 2. The van der Waals surface area contributed by atoms with E-state index >= 15 is 0 Å². The molecule has 1 aliphatic heterocycles. The molecule has 0 saturated carbocycles. The Hall–Kier alpha value is -1.82. The lowest BCUT2D eigenvalue weighted by Crippen LogP contribution is -2.24. The fraction of sp³-hybridized carbons (Fsp3) is 0.231. The molecule has 1 aliphatic rings. The summed E-state index contributed by atoms with van der Waals surface area (Å²) in [6.45, 7) is 0.242. The molecule has 0 bridgehead atoms. The molecule has 0 N–H and O–H groups in total. The van der Waals surface area contributed by atoms with Gasteiger partial charge < -0.3 is 9.64 Å². The maximum absolute atomic E-state index is 13.1. The second-order valence-electron chi connectivity index (χ2n) is 3.90. The second-order valence-corrected chi connectivity index (χ2v) is 4.90. The topological polar surface area (TPSA) is 46.6 Å². The molecular weight excluding hydrogens is 269 g/mol. The minimum absolute atomic E-state index is 0.107. The molecule has 0 spiro atoms. The van der Waals surface area contributed by atoms with Gasteiger partial charge in [-0.2, -0.15) is 0 Å². The average molecular weight is 281 g/mol. The van der Waals surface area contributed by atoms with E-state index in [9.17, 15) is 14.0 Å². The average Bonchev–Trinajstić information content (AvgIpc) is 2.71. The first-order valence-corrected chi connectivity index (χ1v) is 6.56. The third kappa shape index (κ3) is 3.35. The van der Waals surface area contributed by atoms with E-state index in [1.165, 1.54) is 42.0 Å². The molecule has 2 rings (SSSR count).